The van der Waals surface area contributed by atoms with E-state index in [1.54, 1.807) is 12.1 Å². The molecule has 0 radical (unpaired) electrons. The van der Waals surface area contributed by atoms with E-state index in [-0.39, 0.29) is 23.5 Å². The van der Waals surface area contributed by atoms with Gasteiger partial charge >= 0.3 is 11.9 Å². The molecule has 2 aliphatic rings. The molecule has 0 spiro atoms. The second-order valence-corrected chi connectivity index (χ2v) is 11.6. The maximum absolute atomic E-state index is 13.5. The van der Waals surface area contributed by atoms with Gasteiger partial charge in [-0.1, -0.05) is 0 Å². The summed E-state index contributed by atoms with van der Waals surface area (Å²) in [5.74, 6) is -0.923. The number of benzene rings is 2. The first-order valence-electron chi connectivity index (χ1n) is 14.8. The molecule has 44 heavy (non-hydrogen) atoms. The quantitative estimate of drug-likeness (QED) is 0.222. The van der Waals surface area contributed by atoms with E-state index in [4.69, 9.17) is 9.68 Å². The highest BCUT2D eigenvalue weighted by molar-refractivity contribution is 5.85. The molecule has 2 unspecified atom stereocenters. The van der Waals surface area contributed by atoms with E-state index in [9.17, 15) is 28.6 Å². The van der Waals surface area contributed by atoms with Crippen LogP contribution in [-0.4, -0.2) is 90.6 Å². The molecule has 2 aromatic carbocycles. The first kappa shape index (κ1) is 30.1. The van der Waals surface area contributed by atoms with Gasteiger partial charge in [0.25, 0.3) is 0 Å². The molecule has 14 heteroatoms. The molecule has 0 aliphatic carbocycles. The molecule has 2 atom stereocenters. The number of hydrogen-bond acceptors (Lipinski definition) is 10. The lowest BCUT2D eigenvalue weighted by atomic mass is 9.94. The lowest BCUT2D eigenvalue weighted by molar-refractivity contribution is -0.223. The minimum absolute atomic E-state index is 0.258. The number of nitrogens with one attached hydrogen (secondary N) is 2. The fourth-order valence-corrected chi connectivity index (χ4v) is 5.84. The van der Waals surface area contributed by atoms with Gasteiger partial charge in [-0.2, -0.15) is 0 Å². The van der Waals surface area contributed by atoms with Gasteiger partial charge in [-0.05, 0) is 73.9 Å². The first-order valence-corrected chi connectivity index (χ1v) is 14.8. The van der Waals surface area contributed by atoms with Crippen molar-refractivity contribution in [1.82, 2.24) is 30.1 Å². The number of carbonyl (C=O) groups is 2. The van der Waals surface area contributed by atoms with E-state index in [2.05, 4.69) is 19.9 Å². The highest BCUT2D eigenvalue weighted by Crippen LogP contribution is 2.25. The van der Waals surface area contributed by atoms with Crippen LogP contribution in [0.2, 0.25) is 0 Å². The minimum atomic E-state index is -2.10. The predicted molar refractivity (Wildman–Crippen MR) is 152 cm³/mol. The van der Waals surface area contributed by atoms with Crippen LogP contribution in [0.25, 0.3) is 22.1 Å². The number of piperidine rings is 2. The van der Waals surface area contributed by atoms with Crippen LogP contribution in [0.1, 0.15) is 37.3 Å². The monoisotopic (exact) mass is 612 g/mol. The Hall–Kier alpha value is -3.98. The van der Waals surface area contributed by atoms with Crippen LogP contribution < -0.4 is 0 Å². The summed E-state index contributed by atoms with van der Waals surface area (Å²) >= 11 is 0. The van der Waals surface area contributed by atoms with Gasteiger partial charge in [-0.25, -0.2) is 28.3 Å². The van der Waals surface area contributed by atoms with Gasteiger partial charge in [0, 0.05) is 39.0 Å². The van der Waals surface area contributed by atoms with E-state index in [1.165, 1.54) is 34.4 Å². The van der Waals surface area contributed by atoms with Gasteiger partial charge in [0.05, 0.1) is 22.1 Å². The zero-order chi connectivity index (χ0) is 30.8. The molecular formula is C30H34F2N6O6. The normalized spacial score (nSPS) is 18.9. The van der Waals surface area contributed by atoms with Crippen LogP contribution in [0.3, 0.4) is 0 Å². The number of carbonyl (C=O) groups excluding carboxylic acids is 2. The molecule has 2 aromatic heterocycles. The number of fused-ring (bicyclic) bond motifs is 2. The first-order chi connectivity index (χ1) is 21.2. The van der Waals surface area contributed by atoms with E-state index in [1.807, 2.05) is 0 Å². The molecule has 4 N–H and O–H groups in total. The number of aromatic amines is 2. The Labute approximate surface area is 250 Å². The molecule has 6 rings (SSSR count). The molecule has 0 saturated carbocycles. The highest BCUT2D eigenvalue weighted by atomic mass is 19.1. The zero-order valence-electron chi connectivity index (χ0n) is 23.9. The molecule has 0 bridgehead atoms. The number of rotatable bonds is 9. The van der Waals surface area contributed by atoms with Crippen LogP contribution in [0.4, 0.5) is 8.78 Å². The van der Waals surface area contributed by atoms with E-state index >= 15 is 0 Å². The third-order valence-corrected chi connectivity index (χ3v) is 8.32. The topological polar surface area (TPSA) is 157 Å². The number of nitrogens with zero attached hydrogens (tertiary/aromatic N) is 4. The Bertz CT molecular complexity index is 1510. The minimum Gasteiger partial charge on any atom is -0.379 e. The number of aliphatic hydroxyl groups is 2. The van der Waals surface area contributed by atoms with Crippen molar-refractivity contribution in [3.8, 4) is 0 Å². The maximum Gasteiger partial charge on any atom is 0.357 e. The molecular weight excluding hydrogens is 578 g/mol. The summed E-state index contributed by atoms with van der Waals surface area (Å²) in [6.07, 6.45) is -0.158. The maximum atomic E-state index is 13.5. The summed E-state index contributed by atoms with van der Waals surface area (Å²) in [5, 5.41) is 23.4. The van der Waals surface area contributed by atoms with Gasteiger partial charge in [-0.15, -0.1) is 10.1 Å². The molecule has 234 valence electrons. The summed E-state index contributed by atoms with van der Waals surface area (Å²) in [5.41, 5.74) is 2.67. The summed E-state index contributed by atoms with van der Waals surface area (Å²) in [7, 11) is 0. The highest BCUT2D eigenvalue weighted by Gasteiger charge is 2.36. The largest absolute Gasteiger partial charge is 0.379 e. The molecule has 12 nitrogen and oxygen atoms in total. The molecule has 4 heterocycles. The second-order valence-electron chi connectivity index (χ2n) is 11.6. The lowest BCUT2D eigenvalue weighted by Gasteiger charge is -2.32. The smallest absolute Gasteiger partial charge is 0.357 e. The van der Waals surface area contributed by atoms with Gasteiger partial charge in [0.15, 0.2) is 12.2 Å². The van der Waals surface area contributed by atoms with Crippen LogP contribution in [0, 0.1) is 23.5 Å². The predicted octanol–water partition coefficient (Wildman–Crippen LogP) is 2.56. The van der Waals surface area contributed by atoms with Crippen molar-refractivity contribution in [2.45, 2.75) is 50.7 Å². The SMILES string of the molecule is O=C(ON1CCC(Cc2nc3ccc(F)cc3[nH]2)CC1)C(O)C(O)C(=O)ON1CCC(Cc2nc3ccc(F)cc3[nH]2)CC1. The fourth-order valence-electron chi connectivity index (χ4n) is 5.84. The van der Waals surface area contributed by atoms with Gasteiger partial charge in [-0.3, -0.25) is 0 Å². The van der Waals surface area contributed by atoms with Crippen LogP contribution >= 0.6 is 0 Å². The van der Waals surface area contributed by atoms with Gasteiger partial charge in [0.2, 0.25) is 0 Å². The third kappa shape index (κ3) is 7.04. The van der Waals surface area contributed by atoms with E-state index in [0.717, 1.165) is 11.6 Å². The average molecular weight is 613 g/mol. The van der Waals surface area contributed by atoms with Crippen LogP contribution in [0.15, 0.2) is 36.4 Å². The summed E-state index contributed by atoms with van der Waals surface area (Å²) < 4.78 is 26.9. The number of H-pyrrole nitrogens is 2. The Morgan fingerprint density at radius 1 is 0.750 bits per heavy atom. The number of halogens is 2. The number of hydrogen-bond donors (Lipinski definition) is 4. The molecule has 4 aromatic rings. The second kappa shape index (κ2) is 12.9. The average Bonchev–Trinajstić information content (AvgIpc) is 3.60. The number of hydroxylamine groups is 4. The van der Waals surface area contributed by atoms with Crippen molar-refractivity contribution < 1.29 is 38.3 Å². The van der Waals surface area contributed by atoms with Crippen molar-refractivity contribution in [3.05, 3.63) is 59.7 Å². The van der Waals surface area contributed by atoms with Crippen molar-refractivity contribution in [2.24, 2.45) is 11.8 Å². The molecule has 2 fully saturated rings. The number of aliphatic hydroxyl groups excluding tert-OH is 2. The van der Waals surface area contributed by atoms with Gasteiger partial charge in [0.1, 0.15) is 23.3 Å². The van der Waals surface area contributed by atoms with Crippen LogP contribution in [-0.2, 0) is 32.1 Å². The standard InChI is InChI=1S/C30H34F2N6O6/c31-19-1-3-21-23(15-19)35-25(33-21)13-17-5-9-37(10-6-17)43-29(41)27(39)28(40)30(42)44-38-11-7-18(8-12-38)14-26-34-22-4-2-20(32)16-24(22)36-26/h1-4,15-18,27-28,39-40H,5-14H2,(H,33,35)(H,34,36). The Morgan fingerprint density at radius 2 is 1.14 bits per heavy atom. The zero-order valence-corrected chi connectivity index (χ0v) is 23.9. The van der Waals surface area contributed by atoms with E-state index < -0.39 is 24.1 Å². The number of imidazole rings is 2. The van der Waals surface area contributed by atoms with Crippen LogP contribution in [0.5, 0.6) is 0 Å². The Balaban J connectivity index is 0.905. The molecule has 2 saturated heterocycles. The Kier molecular flexibility index (Phi) is 8.84. The Morgan fingerprint density at radius 3 is 1.52 bits per heavy atom. The summed E-state index contributed by atoms with van der Waals surface area (Å²) in [6.45, 7) is 1.60. The van der Waals surface area contributed by atoms with Crippen molar-refractivity contribution in [2.75, 3.05) is 26.2 Å². The lowest BCUT2D eigenvalue weighted by Crippen LogP contribution is -2.47. The van der Waals surface area contributed by atoms with Crippen molar-refractivity contribution in [1.29, 1.82) is 0 Å². The van der Waals surface area contributed by atoms with E-state index in [0.29, 0.717) is 86.8 Å². The third-order valence-electron chi connectivity index (χ3n) is 8.32. The summed E-state index contributed by atoms with van der Waals surface area (Å²) in [4.78, 5) is 50.7. The fraction of sp³-hybridized carbons (Fsp3) is 0.467. The molecule has 2 aliphatic heterocycles. The summed E-state index contributed by atoms with van der Waals surface area (Å²) in [6, 6.07) is 8.79. The van der Waals surface area contributed by atoms with Crippen molar-refractivity contribution in [3.63, 3.8) is 0 Å². The molecule has 0 amide bonds. The number of aromatic nitrogens is 4. The van der Waals surface area contributed by atoms with Crippen molar-refractivity contribution >= 4 is 34.0 Å². The van der Waals surface area contributed by atoms with Gasteiger partial charge < -0.3 is 29.9 Å².